The summed E-state index contributed by atoms with van der Waals surface area (Å²) in [6.07, 6.45) is 4.13. The number of furan rings is 1. The summed E-state index contributed by atoms with van der Waals surface area (Å²) in [5, 5.41) is 4.14. The Bertz CT molecular complexity index is 745. The first-order chi connectivity index (χ1) is 9.75. The van der Waals surface area contributed by atoms with Crippen LogP contribution in [-0.4, -0.2) is 17.4 Å². The van der Waals surface area contributed by atoms with Crippen LogP contribution in [0.2, 0.25) is 5.22 Å². The van der Waals surface area contributed by atoms with Crippen molar-refractivity contribution in [3.05, 3.63) is 59.1 Å². The quantitative estimate of drug-likeness (QED) is 0.773. The van der Waals surface area contributed by atoms with E-state index in [1.165, 1.54) is 17.2 Å². The van der Waals surface area contributed by atoms with Gasteiger partial charge < -0.3 is 14.7 Å². The first-order valence-corrected chi connectivity index (χ1v) is 6.69. The van der Waals surface area contributed by atoms with Gasteiger partial charge in [-0.3, -0.25) is 4.79 Å². The van der Waals surface area contributed by atoms with Crippen LogP contribution in [0.25, 0.3) is 10.9 Å². The Hall–Kier alpha value is -2.20. The molecule has 0 atom stereocenters. The molecule has 0 aliphatic carbocycles. The number of hydrogen-bond acceptors (Lipinski definition) is 2. The van der Waals surface area contributed by atoms with E-state index in [0.29, 0.717) is 12.1 Å². The summed E-state index contributed by atoms with van der Waals surface area (Å²) in [4.78, 5) is 15.1. The molecule has 3 rings (SSSR count). The van der Waals surface area contributed by atoms with E-state index in [4.69, 9.17) is 16.0 Å². The molecule has 0 fully saturated rings. The van der Waals surface area contributed by atoms with Crippen LogP contribution in [0.1, 0.15) is 15.9 Å². The van der Waals surface area contributed by atoms with Gasteiger partial charge in [0.2, 0.25) is 5.22 Å². The largest absolute Gasteiger partial charge is 0.452 e. The molecule has 0 aliphatic rings. The molecule has 5 heteroatoms. The lowest BCUT2D eigenvalue weighted by Gasteiger charge is -2.03. The van der Waals surface area contributed by atoms with Crippen molar-refractivity contribution in [2.75, 3.05) is 6.54 Å². The standard InChI is InChI=1S/C15H13ClN2O2/c16-14-12(6-8-20-14)15(19)17-7-5-10-9-18-13-4-2-1-3-11(10)13/h1-4,6,8-9,18H,5,7H2,(H,17,19). The van der Waals surface area contributed by atoms with Crippen LogP contribution < -0.4 is 5.32 Å². The van der Waals surface area contributed by atoms with E-state index in [1.54, 1.807) is 6.07 Å². The zero-order chi connectivity index (χ0) is 13.9. The molecule has 20 heavy (non-hydrogen) atoms. The van der Waals surface area contributed by atoms with E-state index < -0.39 is 0 Å². The lowest BCUT2D eigenvalue weighted by atomic mass is 10.1. The number of benzene rings is 1. The molecule has 2 aromatic heterocycles. The van der Waals surface area contributed by atoms with E-state index in [1.807, 2.05) is 24.4 Å². The molecule has 0 radical (unpaired) electrons. The van der Waals surface area contributed by atoms with Crippen LogP contribution in [0.4, 0.5) is 0 Å². The molecule has 2 N–H and O–H groups in total. The maximum Gasteiger partial charge on any atom is 0.256 e. The molecule has 102 valence electrons. The number of fused-ring (bicyclic) bond motifs is 1. The van der Waals surface area contributed by atoms with Gasteiger partial charge in [0, 0.05) is 23.6 Å². The van der Waals surface area contributed by atoms with Crippen LogP contribution in [0, 0.1) is 0 Å². The molecular weight excluding hydrogens is 276 g/mol. The number of amides is 1. The normalized spacial score (nSPS) is 10.8. The minimum Gasteiger partial charge on any atom is -0.452 e. The molecule has 0 bridgehead atoms. The Morgan fingerprint density at radius 2 is 2.15 bits per heavy atom. The fourth-order valence-electron chi connectivity index (χ4n) is 2.20. The molecule has 3 aromatic rings. The number of rotatable bonds is 4. The fraction of sp³-hybridized carbons (Fsp3) is 0.133. The molecule has 2 heterocycles. The van der Waals surface area contributed by atoms with E-state index in [9.17, 15) is 4.79 Å². The van der Waals surface area contributed by atoms with E-state index in [-0.39, 0.29) is 11.1 Å². The lowest BCUT2D eigenvalue weighted by Crippen LogP contribution is -2.25. The van der Waals surface area contributed by atoms with Crippen LogP contribution in [-0.2, 0) is 6.42 Å². The second kappa shape index (κ2) is 5.43. The molecule has 0 unspecified atom stereocenters. The Kier molecular flexibility index (Phi) is 3.48. The third-order valence-electron chi connectivity index (χ3n) is 3.22. The van der Waals surface area contributed by atoms with Crippen LogP contribution in [0.5, 0.6) is 0 Å². The molecule has 1 aromatic carbocycles. The number of aromatic amines is 1. The minimum atomic E-state index is -0.219. The van der Waals surface area contributed by atoms with Gasteiger partial charge in [-0.05, 0) is 35.7 Å². The van der Waals surface area contributed by atoms with Crippen LogP contribution >= 0.6 is 11.6 Å². The predicted octanol–water partition coefficient (Wildman–Crippen LogP) is 3.39. The van der Waals surface area contributed by atoms with E-state index in [0.717, 1.165) is 11.9 Å². The zero-order valence-electron chi connectivity index (χ0n) is 10.7. The fourth-order valence-corrected chi connectivity index (χ4v) is 2.40. The number of aromatic nitrogens is 1. The van der Waals surface area contributed by atoms with Crippen molar-refractivity contribution in [2.45, 2.75) is 6.42 Å². The Morgan fingerprint density at radius 1 is 1.30 bits per heavy atom. The van der Waals surface area contributed by atoms with Gasteiger partial charge >= 0.3 is 0 Å². The zero-order valence-corrected chi connectivity index (χ0v) is 11.4. The maximum absolute atomic E-state index is 11.9. The van der Waals surface area contributed by atoms with E-state index >= 15 is 0 Å². The Labute approximate surface area is 120 Å². The summed E-state index contributed by atoms with van der Waals surface area (Å²) in [5.74, 6) is -0.219. The van der Waals surface area contributed by atoms with Crippen molar-refractivity contribution >= 4 is 28.4 Å². The number of halogens is 1. The van der Waals surface area contributed by atoms with Crippen molar-refractivity contribution in [1.82, 2.24) is 10.3 Å². The smallest absolute Gasteiger partial charge is 0.256 e. The number of nitrogens with one attached hydrogen (secondary N) is 2. The summed E-state index contributed by atoms with van der Waals surface area (Å²) in [5.41, 5.74) is 2.65. The van der Waals surface area contributed by atoms with Gasteiger partial charge in [-0.25, -0.2) is 0 Å². The van der Waals surface area contributed by atoms with Crippen molar-refractivity contribution in [3.63, 3.8) is 0 Å². The number of carbonyl (C=O) groups is 1. The highest BCUT2D eigenvalue weighted by Crippen LogP contribution is 2.18. The molecular formula is C15H13ClN2O2. The average Bonchev–Trinajstić information content (AvgIpc) is 3.05. The van der Waals surface area contributed by atoms with Crippen molar-refractivity contribution in [1.29, 1.82) is 0 Å². The minimum absolute atomic E-state index is 0.120. The van der Waals surface area contributed by atoms with Gasteiger partial charge in [-0.15, -0.1) is 0 Å². The van der Waals surface area contributed by atoms with Crippen molar-refractivity contribution in [2.24, 2.45) is 0 Å². The van der Waals surface area contributed by atoms with Crippen molar-refractivity contribution in [3.8, 4) is 0 Å². The van der Waals surface area contributed by atoms with Gasteiger partial charge in [0.05, 0.1) is 11.8 Å². The summed E-state index contributed by atoms with van der Waals surface area (Å²) in [6.45, 7) is 0.544. The molecule has 4 nitrogen and oxygen atoms in total. The first kappa shape index (κ1) is 12.8. The first-order valence-electron chi connectivity index (χ1n) is 6.32. The summed E-state index contributed by atoms with van der Waals surface area (Å²) >= 11 is 5.76. The second-order valence-corrected chi connectivity index (χ2v) is 4.82. The van der Waals surface area contributed by atoms with Gasteiger partial charge in [-0.1, -0.05) is 18.2 Å². The number of H-pyrrole nitrogens is 1. The molecule has 1 amide bonds. The van der Waals surface area contributed by atoms with Crippen molar-refractivity contribution < 1.29 is 9.21 Å². The third kappa shape index (κ3) is 2.42. The summed E-state index contributed by atoms with van der Waals surface area (Å²) in [6, 6.07) is 9.65. The molecule has 0 saturated carbocycles. The topological polar surface area (TPSA) is 58.0 Å². The average molecular weight is 289 g/mol. The van der Waals surface area contributed by atoms with Gasteiger partial charge in [-0.2, -0.15) is 0 Å². The van der Waals surface area contributed by atoms with Gasteiger partial charge in [0.15, 0.2) is 0 Å². The highest BCUT2D eigenvalue weighted by molar-refractivity contribution is 6.32. The number of hydrogen-bond donors (Lipinski definition) is 2. The van der Waals surface area contributed by atoms with Crippen LogP contribution in [0.15, 0.2) is 47.2 Å². The predicted molar refractivity (Wildman–Crippen MR) is 78.1 cm³/mol. The van der Waals surface area contributed by atoms with Gasteiger partial charge in [0.1, 0.15) is 0 Å². The Morgan fingerprint density at radius 3 is 2.95 bits per heavy atom. The third-order valence-corrected chi connectivity index (χ3v) is 3.51. The Balaban J connectivity index is 1.63. The highest BCUT2D eigenvalue weighted by Gasteiger charge is 2.12. The maximum atomic E-state index is 11.9. The lowest BCUT2D eigenvalue weighted by molar-refractivity contribution is 0.0953. The number of para-hydroxylation sites is 1. The second-order valence-electron chi connectivity index (χ2n) is 4.47. The number of carbonyl (C=O) groups excluding carboxylic acids is 1. The van der Waals surface area contributed by atoms with E-state index in [2.05, 4.69) is 16.4 Å². The highest BCUT2D eigenvalue weighted by atomic mass is 35.5. The molecule has 0 aliphatic heterocycles. The summed E-state index contributed by atoms with van der Waals surface area (Å²) < 4.78 is 4.90. The monoisotopic (exact) mass is 288 g/mol. The molecule has 0 spiro atoms. The SMILES string of the molecule is O=C(NCCc1c[nH]c2ccccc12)c1ccoc1Cl. The molecule has 0 saturated heterocycles. The summed E-state index contributed by atoms with van der Waals surface area (Å²) in [7, 11) is 0. The van der Waals surface area contributed by atoms with Gasteiger partial charge in [0.25, 0.3) is 5.91 Å². The van der Waals surface area contributed by atoms with Crippen LogP contribution in [0.3, 0.4) is 0 Å².